The molecule has 0 amide bonds. The number of hydrogen-bond donors (Lipinski definition) is 2. The average Bonchev–Trinajstić information content (AvgIpc) is 2.82. The molecule has 3 N–H and O–H groups in total. The van der Waals surface area contributed by atoms with E-state index < -0.39 is 0 Å². The van der Waals surface area contributed by atoms with Crippen molar-refractivity contribution in [1.82, 2.24) is 19.7 Å². The fourth-order valence-electron chi connectivity index (χ4n) is 1.69. The highest BCUT2D eigenvalue weighted by atomic mass is 79.9. The lowest BCUT2D eigenvalue weighted by molar-refractivity contribution is 0.764. The molecule has 0 aliphatic rings. The molecule has 96 valence electrons. The van der Waals surface area contributed by atoms with Gasteiger partial charge in [0, 0.05) is 5.69 Å². The Kier molecular flexibility index (Phi) is 3.93. The number of anilines is 1. The molecule has 7 heteroatoms. The second kappa shape index (κ2) is 5.45. The molecule has 0 unspecified atom stereocenters. The Morgan fingerprint density at radius 1 is 1.33 bits per heavy atom. The number of hydrazine groups is 1. The summed E-state index contributed by atoms with van der Waals surface area (Å²) in [7, 11) is 0. The van der Waals surface area contributed by atoms with Crippen LogP contribution in [0.5, 0.6) is 0 Å². The van der Waals surface area contributed by atoms with E-state index in [0.29, 0.717) is 16.1 Å². The molecule has 0 aliphatic carbocycles. The van der Waals surface area contributed by atoms with Crippen LogP contribution in [0.25, 0.3) is 5.82 Å². The van der Waals surface area contributed by atoms with E-state index in [0.717, 1.165) is 24.2 Å². The SMILES string of the molecule is CCc1cc(CC)n(-c2ncnc(NN)c2Br)n1. The monoisotopic (exact) mass is 310 g/mol. The Balaban J connectivity index is 2.57. The molecule has 0 bridgehead atoms. The van der Waals surface area contributed by atoms with Gasteiger partial charge in [0.15, 0.2) is 11.6 Å². The van der Waals surface area contributed by atoms with E-state index >= 15 is 0 Å². The Labute approximate surface area is 114 Å². The van der Waals surface area contributed by atoms with Crippen molar-refractivity contribution in [2.45, 2.75) is 26.7 Å². The maximum absolute atomic E-state index is 5.40. The van der Waals surface area contributed by atoms with Crippen LogP contribution in [0.4, 0.5) is 5.82 Å². The van der Waals surface area contributed by atoms with Crippen molar-refractivity contribution < 1.29 is 0 Å². The molecule has 0 aromatic carbocycles. The second-order valence-corrected chi connectivity index (χ2v) is 4.54. The van der Waals surface area contributed by atoms with Gasteiger partial charge in [-0.1, -0.05) is 13.8 Å². The second-order valence-electron chi connectivity index (χ2n) is 3.75. The van der Waals surface area contributed by atoms with Crippen LogP contribution in [0.3, 0.4) is 0 Å². The largest absolute Gasteiger partial charge is 0.307 e. The molecule has 2 aromatic rings. The van der Waals surface area contributed by atoms with Crippen LogP contribution >= 0.6 is 15.9 Å². The van der Waals surface area contributed by atoms with E-state index in [-0.39, 0.29) is 0 Å². The van der Waals surface area contributed by atoms with E-state index in [4.69, 9.17) is 5.84 Å². The summed E-state index contributed by atoms with van der Waals surface area (Å²) in [5.74, 6) is 6.63. The average molecular weight is 311 g/mol. The summed E-state index contributed by atoms with van der Waals surface area (Å²) >= 11 is 3.44. The van der Waals surface area contributed by atoms with Gasteiger partial charge in [-0.15, -0.1) is 0 Å². The summed E-state index contributed by atoms with van der Waals surface area (Å²) in [6.45, 7) is 4.16. The van der Waals surface area contributed by atoms with E-state index in [1.165, 1.54) is 6.33 Å². The molecule has 0 atom stereocenters. The fraction of sp³-hybridized carbons (Fsp3) is 0.364. The Morgan fingerprint density at radius 2 is 2.11 bits per heavy atom. The predicted octanol–water partition coefficient (Wildman–Crippen LogP) is 1.84. The summed E-state index contributed by atoms with van der Waals surface area (Å²) < 4.78 is 2.53. The summed E-state index contributed by atoms with van der Waals surface area (Å²) in [6.07, 6.45) is 3.24. The van der Waals surface area contributed by atoms with Crippen LogP contribution in [-0.2, 0) is 12.8 Å². The van der Waals surface area contributed by atoms with Crippen LogP contribution in [0.15, 0.2) is 16.9 Å². The molecule has 2 heterocycles. The predicted molar refractivity (Wildman–Crippen MR) is 73.4 cm³/mol. The van der Waals surface area contributed by atoms with Crippen molar-refractivity contribution in [3.05, 3.63) is 28.3 Å². The van der Waals surface area contributed by atoms with E-state index in [1.54, 1.807) is 0 Å². The Morgan fingerprint density at radius 3 is 2.72 bits per heavy atom. The number of nitrogens with two attached hydrogens (primary N) is 1. The van der Waals surface area contributed by atoms with Gasteiger partial charge in [-0.05, 0) is 34.8 Å². The molecule has 0 saturated heterocycles. The molecule has 0 fully saturated rings. The molecule has 6 nitrogen and oxygen atoms in total. The number of rotatable bonds is 4. The highest BCUT2D eigenvalue weighted by molar-refractivity contribution is 9.10. The number of aromatic nitrogens is 4. The topological polar surface area (TPSA) is 81.7 Å². The third kappa shape index (κ3) is 2.23. The lowest BCUT2D eigenvalue weighted by Gasteiger charge is -2.09. The zero-order chi connectivity index (χ0) is 13.1. The fourth-order valence-corrected chi connectivity index (χ4v) is 2.18. The zero-order valence-corrected chi connectivity index (χ0v) is 11.9. The van der Waals surface area contributed by atoms with Gasteiger partial charge in [0.25, 0.3) is 0 Å². The van der Waals surface area contributed by atoms with Crippen molar-refractivity contribution in [2.75, 3.05) is 5.43 Å². The van der Waals surface area contributed by atoms with Gasteiger partial charge in [0.05, 0.1) is 5.69 Å². The lowest BCUT2D eigenvalue weighted by Crippen LogP contribution is -2.12. The van der Waals surface area contributed by atoms with Crippen LogP contribution in [-0.4, -0.2) is 19.7 Å². The van der Waals surface area contributed by atoms with Gasteiger partial charge >= 0.3 is 0 Å². The minimum Gasteiger partial charge on any atom is -0.307 e. The van der Waals surface area contributed by atoms with Crippen molar-refractivity contribution in [3.8, 4) is 5.82 Å². The molecule has 0 aliphatic heterocycles. The Hall–Kier alpha value is -1.47. The maximum atomic E-state index is 5.40. The maximum Gasteiger partial charge on any atom is 0.173 e. The molecule has 2 rings (SSSR count). The van der Waals surface area contributed by atoms with E-state index in [9.17, 15) is 0 Å². The molecule has 0 spiro atoms. The smallest absolute Gasteiger partial charge is 0.173 e. The lowest BCUT2D eigenvalue weighted by atomic mass is 10.2. The highest BCUT2D eigenvalue weighted by Gasteiger charge is 2.14. The van der Waals surface area contributed by atoms with Crippen LogP contribution < -0.4 is 11.3 Å². The standard InChI is InChI=1S/C11H15BrN6/c1-3-7-5-8(4-2)18(17-7)11-9(12)10(16-13)14-6-15-11/h5-6H,3-4,13H2,1-2H3,(H,14,15,16). The van der Waals surface area contributed by atoms with Crippen LogP contribution in [0.2, 0.25) is 0 Å². The molecular weight excluding hydrogens is 296 g/mol. The normalized spacial score (nSPS) is 10.7. The van der Waals surface area contributed by atoms with Gasteiger partial charge in [0.1, 0.15) is 10.8 Å². The van der Waals surface area contributed by atoms with Gasteiger partial charge in [-0.25, -0.2) is 20.5 Å². The molecule has 2 aromatic heterocycles. The first-order valence-corrected chi connectivity index (χ1v) is 6.55. The van der Waals surface area contributed by atoms with Crippen LogP contribution in [0.1, 0.15) is 25.2 Å². The minimum absolute atomic E-state index is 0.538. The number of nitrogen functional groups attached to an aromatic ring is 1. The molecule has 0 saturated carbocycles. The first-order chi connectivity index (χ1) is 8.71. The number of nitrogens with zero attached hydrogens (tertiary/aromatic N) is 4. The van der Waals surface area contributed by atoms with E-state index in [1.807, 2.05) is 4.68 Å². The zero-order valence-electron chi connectivity index (χ0n) is 10.3. The number of hydrogen-bond acceptors (Lipinski definition) is 5. The summed E-state index contributed by atoms with van der Waals surface area (Å²) in [4.78, 5) is 8.29. The van der Waals surface area contributed by atoms with Crippen molar-refractivity contribution in [2.24, 2.45) is 5.84 Å². The van der Waals surface area contributed by atoms with Crippen molar-refractivity contribution >= 4 is 21.7 Å². The van der Waals surface area contributed by atoms with Crippen LogP contribution in [0, 0.1) is 0 Å². The number of nitrogens with one attached hydrogen (secondary N) is 1. The first kappa shape index (κ1) is 13.0. The van der Waals surface area contributed by atoms with Gasteiger partial charge < -0.3 is 5.43 Å². The number of aryl methyl sites for hydroxylation is 2. The van der Waals surface area contributed by atoms with Gasteiger partial charge in [0.2, 0.25) is 0 Å². The quantitative estimate of drug-likeness (QED) is 0.665. The van der Waals surface area contributed by atoms with Gasteiger partial charge in [-0.3, -0.25) is 0 Å². The molecule has 0 radical (unpaired) electrons. The summed E-state index contributed by atoms with van der Waals surface area (Å²) in [6, 6.07) is 2.09. The highest BCUT2D eigenvalue weighted by Crippen LogP contribution is 2.25. The first-order valence-electron chi connectivity index (χ1n) is 5.76. The molecular formula is C11H15BrN6. The third-order valence-corrected chi connectivity index (χ3v) is 3.40. The number of halogens is 1. The minimum atomic E-state index is 0.538. The van der Waals surface area contributed by atoms with E-state index in [2.05, 4.69) is 56.3 Å². The van der Waals surface area contributed by atoms with Gasteiger partial charge in [-0.2, -0.15) is 5.10 Å². The molecule has 18 heavy (non-hydrogen) atoms. The van der Waals surface area contributed by atoms with Crippen molar-refractivity contribution in [1.29, 1.82) is 0 Å². The van der Waals surface area contributed by atoms with Crippen molar-refractivity contribution in [3.63, 3.8) is 0 Å². The Bertz CT molecular complexity index is 550. The summed E-state index contributed by atoms with van der Waals surface area (Å²) in [5.41, 5.74) is 4.67. The third-order valence-electron chi connectivity index (χ3n) is 2.67. The summed E-state index contributed by atoms with van der Waals surface area (Å²) in [5, 5.41) is 4.53.